The molecule has 0 aromatic heterocycles. The third kappa shape index (κ3) is 5.20. The topological polar surface area (TPSA) is 41.5 Å². The highest BCUT2D eigenvalue weighted by molar-refractivity contribution is 5.95. The smallest absolute Gasteiger partial charge is 0.267 e. The summed E-state index contributed by atoms with van der Waals surface area (Å²) in [5.41, 5.74) is 6.50. The Bertz CT molecular complexity index is 736. The lowest BCUT2D eigenvalue weighted by Gasteiger charge is -2.18. The molecule has 0 aliphatic carbocycles. The number of allylic oxidation sites excluding steroid dienone is 1. The number of amides is 1. The van der Waals surface area contributed by atoms with E-state index in [1.807, 2.05) is 67.6 Å². The average molecular weight is 320 g/mol. The highest BCUT2D eigenvalue weighted by Crippen LogP contribution is 2.22. The van der Waals surface area contributed by atoms with Crippen LogP contribution in [0.3, 0.4) is 0 Å². The first-order chi connectivity index (χ1) is 11.4. The molecule has 1 amide bonds. The Hall–Kier alpha value is -2.68. The van der Waals surface area contributed by atoms with Crippen molar-refractivity contribution in [1.29, 1.82) is 0 Å². The van der Waals surface area contributed by atoms with Crippen LogP contribution in [0.15, 0.2) is 65.3 Å². The van der Waals surface area contributed by atoms with Crippen LogP contribution in [0, 0.1) is 0 Å². The zero-order chi connectivity index (χ0) is 17.6. The van der Waals surface area contributed by atoms with Crippen LogP contribution in [0.4, 0.5) is 0 Å². The molecule has 2 rings (SSSR count). The summed E-state index contributed by atoms with van der Waals surface area (Å²) in [5, 5.41) is 4.02. The fraction of sp³-hybridized carbons (Fsp3) is 0.238. The highest BCUT2D eigenvalue weighted by Gasteiger charge is 2.14. The fourth-order valence-electron chi connectivity index (χ4n) is 2.23. The lowest BCUT2D eigenvalue weighted by Crippen LogP contribution is -2.18. The molecule has 3 heteroatoms. The van der Waals surface area contributed by atoms with E-state index in [0.717, 1.165) is 11.1 Å². The van der Waals surface area contributed by atoms with Gasteiger partial charge < -0.3 is 0 Å². The van der Waals surface area contributed by atoms with E-state index < -0.39 is 0 Å². The lowest BCUT2D eigenvalue weighted by molar-refractivity contribution is 0.0955. The van der Waals surface area contributed by atoms with Crippen LogP contribution in [0.1, 0.15) is 49.2 Å². The van der Waals surface area contributed by atoms with Gasteiger partial charge in [0.2, 0.25) is 0 Å². The molecule has 0 atom stereocenters. The Morgan fingerprint density at radius 3 is 2.21 bits per heavy atom. The zero-order valence-electron chi connectivity index (χ0n) is 14.7. The first-order valence-electron chi connectivity index (χ1n) is 8.03. The van der Waals surface area contributed by atoms with Gasteiger partial charge in [0.1, 0.15) is 0 Å². The second-order valence-electron chi connectivity index (χ2n) is 6.83. The molecule has 0 heterocycles. The predicted molar refractivity (Wildman–Crippen MR) is 101 cm³/mol. The van der Waals surface area contributed by atoms with E-state index in [9.17, 15) is 4.79 Å². The normalized spacial score (nSPS) is 12.4. The maximum Gasteiger partial charge on any atom is 0.271 e. The summed E-state index contributed by atoms with van der Waals surface area (Å²) in [6.45, 7) is 8.39. The fourth-order valence-corrected chi connectivity index (χ4v) is 2.23. The Morgan fingerprint density at radius 2 is 1.62 bits per heavy atom. The predicted octanol–water partition coefficient (Wildman–Crippen LogP) is 4.80. The summed E-state index contributed by atoms with van der Waals surface area (Å²) < 4.78 is 0. The summed E-state index contributed by atoms with van der Waals surface area (Å²) in [5.74, 6) is -0.209. The average Bonchev–Trinajstić information content (AvgIpc) is 2.55. The molecule has 0 aliphatic rings. The van der Waals surface area contributed by atoms with Gasteiger partial charge in [0.05, 0.1) is 6.21 Å². The van der Waals surface area contributed by atoms with E-state index in [2.05, 4.69) is 31.3 Å². The van der Waals surface area contributed by atoms with Gasteiger partial charge >= 0.3 is 0 Å². The van der Waals surface area contributed by atoms with Crippen LogP contribution in [-0.2, 0) is 5.41 Å². The number of rotatable bonds is 4. The summed E-state index contributed by atoms with van der Waals surface area (Å²) in [4.78, 5) is 12.1. The van der Waals surface area contributed by atoms with Crippen molar-refractivity contribution < 1.29 is 4.79 Å². The molecule has 0 radical (unpaired) electrons. The molecule has 0 fully saturated rings. The Morgan fingerprint density at radius 1 is 1.00 bits per heavy atom. The van der Waals surface area contributed by atoms with Crippen LogP contribution < -0.4 is 5.43 Å². The van der Waals surface area contributed by atoms with E-state index in [1.165, 1.54) is 5.56 Å². The van der Waals surface area contributed by atoms with Crippen LogP contribution in [-0.4, -0.2) is 12.1 Å². The maximum absolute atomic E-state index is 12.1. The molecule has 2 aromatic rings. The summed E-state index contributed by atoms with van der Waals surface area (Å²) in [7, 11) is 0. The second kappa shape index (κ2) is 7.73. The molecule has 3 nitrogen and oxygen atoms in total. The number of carbonyl (C=O) groups is 1. The van der Waals surface area contributed by atoms with Gasteiger partial charge in [0, 0.05) is 5.56 Å². The molecule has 0 aliphatic heterocycles. The van der Waals surface area contributed by atoms with E-state index >= 15 is 0 Å². The van der Waals surface area contributed by atoms with Crippen LogP contribution in [0.5, 0.6) is 0 Å². The van der Waals surface area contributed by atoms with Gasteiger partial charge in [-0.3, -0.25) is 4.79 Å². The molecule has 0 bridgehead atoms. The molecule has 24 heavy (non-hydrogen) atoms. The minimum absolute atomic E-state index is 0.0759. The van der Waals surface area contributed by atoms with Crippen LogP contribution in [0.25, 0.3) is 6.08 Å². The number of hydrogen-bond donors (Lipinski definition) is 1. The molecule has 0 spiro atoms. The number of carbonyl (C=O) groups excluding carboxylic acids is 1. The van der Waals surface area contributed by atoms with Crippen LogP contribution in [0.2, 0.25) is 0 Å². The van der Waals surface area contributed by atoms with E-state index in [1.54, 1.807) is 6.21 Å². The number of nitrogens with zero attached hydrogens (tertiary/aromatic N) is 1. The quantitative estimate of drug-likeness (QED) is 0.638. The van der Waals surface area contributed by atoms with Crippen molar-refractivity contribution in [2.24, 2.45) is 5.10 Å². The van der Waals surface area contributed by atoms with E-state index in [0.29, 0.717) is 5.56 Å². The molecule has 2 aromatic carbocycles. The summed E-state index contributed by atoms with van der Waals surface area (Å²) in [6, 6.07) is 17.6. The van der Waals surface area contributed by atoms with Gasteiger partial charge in [-0.15, -0.1) is 0 Å². The minimum atomic E-state index is -0.209. The van der Waals surface area contributed by atoms with Crippen molar-refractivity contribution in [2.75, 3.05) is 0 Å². The second-order valence-corrected chi connectivity index (χ2v) is 6.83. The minimum Gasteiger partial charge on any atom is -0.267 e. The van der Waals surface area contributed by atoms with Gasteiger partial charge in [-0.2, -0.15) is 5.10 Å². The van der Waals surface area contributed by atoms with Crippen molar-refractivity contribution >= 4 is 18.2 Å². The van der Waals surface area contributed by atoms with Crippen molar-refractivity contribution in [3.8, 4) is 0 Å². The third-order valence-electron chi connectivity index (χ3n) is 3.64. The molecular weight excluding hydrogens is 296 g/mol. The Labute approximate surface area is 144 Å². The molecule has 0 saturated heterocycles. The van der Waals surface area contributed by atoms with Gasteiger partial charge in [0.15, 0.2) is 0 Å². The van der Waals surface area contributed by atoms with Gasteiger partial charge in [-0.05, 0) is 41.2 Å². The highest BCUT2D eigenvalue weighted by atomic mass is 16.2. The summed E-state index contributed by atoms with van der Waals surface area (Å²) in [6.07, 6.45) is 3.65. The van der Waals surface area contributed by atoms with Crippen molar-refractivity contribution in [2.45, 2.75) is 33.1 Å². The van der Waals surface area contributed by atoms with Gasteiger partial charge in [-0.25, -0.2) is 5.43 Å². The van der Waals surface area contributed by atoms with E-state index in [-0.39, 0.29) is 11.3 Å². The summed E-state index contributed by atoms with van der Waals surface area (Å²) >= 11 is 0. The first kappa shape index (κ1) is 17.7. The maximum atomic E-state index is 12.1. The molecule has 1 N–H and O–H groups in total. The van der Waals surface area contributed by atoms with Gasteiger partial charge in [-0.1, -0.05) is 69.3 Å². The first-order valence-corrected chi connectivity index (χ1v) is 8.03. The third-order valence-corrected chi connectivity index (χ3v) is 3.64. The van der Waals surface area contributed by atoms with Crippen molar-refractivity contribution in [3.63, 3.8) is 0 Å². The van der Waals surface area contributed by atoms with Crippen molar-refractivity contribution in [3.05, 3.63) is 76.9 Å². The molecular formula is C21H24N2O. The van der Waals surface area contributed by atoms with E-state index in [4.69, 9.17) is 0 Å². The van der Waals surface area contributed by atoms with Gasteiger partial charge in [0.25, 0.3) is 5.91 Å². The zero-order valence-corrected chi connectivity index (χ0v) is 14.7. The SMILES string of the molecule is CC(/C=N\NC(=O)c1ccc(C(C)(C)C)cc1)=C\c1ccccc1. The largest absolute Gasteiger partial charge is 0.271 e. The molecule has 124 valence electrons. The number of hydrogen-bond acceptors (Lipinski definition) is 2. The standard InChI is InChI=1S/C21H24N2O/c1-16(14-17-8-6-5-7-9-17)15-22-23-20(24)18-10-12-19(13-11-18)21(2,3)4/h5-15H,1-4H3,(H,23,24)/b16-14+,22-15-. The Kier molecular flexibility index (Phi) is 5.69. The van der Waals surface area contributed by atoms with Crippen molar-refractivity contribution in [1.82, 2.24) is 5.43 Å². The Balaban J connectivity index is 1.96. The lowest BCUT2D eigenvalue weighted by atomic mass is 9.87. The van der Waals surface area contributed by atoms with Crippen LogP contribution >= 0.6 is 0 Å². The monoisotopic (exact) mass is 320 g/mol. The molecule has 0 unspecified atom stereocenters. The number of hydrazone groups is 1. The number of benzene rings is 2. The number of nitrogens with one attached hydrogen (secondary N) is 1. The molecule has 0 saturated carbocycles.